The predicted molar refractivity (Wildman–Crippen MR) is 67.2 cm³/mol. The highest BCUT2D eigenvalue weighted by atomic mass is 32.2. The Morgan fingerprint density at radius 2 is 2.11 bits per heavy atom. The molecule has 0 saturated heterocycles. The fourth-order valence-electron chi connectivity index (χ4n) is 1.64. The summed E-state index contributed by atoms with van der Waals surface area (Å²) in [6.45, 7) is 1.49. The largest absolute Gasteiger partial charge is 0.290 e. The molecule has 8 nitrogen and oxygen atoms in total. The van der Waals surface area contributed by atoms with Gasteiger partial charge in [0.1, 0.15) is 5.82 Å². The molecule has 100 valence electrons. The maximum absolute atomic E-state index is 12.2. The van der Waals surface area contributed by atoms with Gasteiger partial charge in [0.15, 0.2) is 4.90 Å². The Balaban J connectivity index is 2.54. The number of nitro groups is 1. The number of aromatic nitrogens is 2. The second kappa shape index (κ2) is 4.69. The summed E-state index contributed by atoms with van der Waals surface area (Å²) in [5.74, 6) is 0.137. The normalized spacial score (nSPS) is 11.2. The number of nitrogens with one attached hydrogen (secondary N) is 2. The molecule has 0 radical (unpaired) electrons. The number of nitro benzene ring substituents is 1. The summed E-state index contributed by atoms with van der Waals surface area (Å²) in [6, 6.07) is 5.48. The molecule has 9 heteroatoms. The first kappa shape index (κ1) is 13.0. The molecule has 2 rings (SSSR count). The predicted octanol–water partition coefficient (Wildman–Crippen LogP) is 1.43. The minimum atomic E-state index is -4.05. The number of nitrogens with zero attached hydrogens (tertiary/aromatic N) is 2. The summed E-state index contributed by atoms with van der Waals surface area (Å²) in [5.41, 5.74) is -0.173. The molecule has 1 heterocycles. The molecule has 0 fully saturated rings. The van der Waals surface area contributed by atoms with Gasteiger partial charge >= 0.3 is 0 Å². The second-order valence-electron chi connectivity index (χ2n) is 3.76. The van der Waals surface area contributed by atoms with Gasteiger partial charge in [-0.15, -0.1) is 0 Å². The lowest BCUT2D eigenvalue weighted by Crippen LogP contribution is -2.16. The molecule has 1 aromatic carbocycles. The number of aromatic amines is 1. The van der Waals surface area contributed by atoms with Gasteiger partial charge < -0.3 is 0 Å². The molecule has 0 saturated carbocycles. The van der Waals surface area contributed by atoms with Crippen LogP contribution in [0.5, 0.6) is 0 Å². The molecule has 0 spiro atoms. The van der Waals surface area contributed by atoms with E-state index in [9.17, 15) is 18.5 Å². The molecule has 0 atom stereocenters. The van der Waals surface area contributed by atoms with Crippen LogP contribution in [0.25, 0.3) is 0 Å². The van der Waals surface area contributed by atoms with Gasteiger partial charge in [-0.2, -0.15) is 5.10 Å². The lowest BCUT2D eigenvalue weighted by Gasteiger charge is -2.08. The summed E-state index contributed by atoms with van der Waals surface area (Å²) >= 11 is 0. The maximum Gasteiger partial charge on any atom is 0.290 e. The minimum Gasteiger partial charge on any atom is -0.264 e. The third-order valence-electron chi connectivity index (χ3n) is 2.40. The number of sulfonamides is 1. The first-order chi connectivity index (χ1) is 8.92. The zero-order valence-electron chi connectivity index (χ0n) is 9.82. The maximum atomic E-state index is 12.2. The van der Waals surface area contributed by atoms with E-state index in [2.05, 4.69) is 14.9 Å². The molecule has 0 unspecified atom stereocenters. The van der Waals surface area contributed by atoms with E-state index in [1.54, 1.807) is 0 Å². The van der Waals surface area contributed by atoms with E-state index in [1.807, 2.05) is 0 Å². The number of hydrogen-bond acceptors (Lipinski definition) is 5. The van der Waals surface area contributed by atoms with Crippen molar-refractivity contribution in [2.45, 2.75) is 11.8 Å². The molecule has 0 aliphatic heterocycles. The third kappa shape index (κ3) is 2.55. The molecule has 19 heavy (non-hydrogen) atoms. The Morgan fingerprint density at radius 1 is 1.37 bits per heavy atom. The van der Waals surface area contributed by atoms with E-state index < -0.39 is 20.6 Å². The number of hydrogen-bond donors (Lipinski definition) is 2. The van der Waals surface area contributed by atoms with Crippen LogP contribution in [0.15, 0.2) is 35.4 Å². The Bertz CT molecular complexity index is 709. The lowest BCUT2D eigenvalue weighted by molar-refractivity contribution is -0.387. The number of aryl methyl sites for hydroxylation is 1. The van der Waals surface area contributed by atoms with Crippen LogP contribution in [0.4, 0.5) is 11.5 Å². The summed E-state index contributed by atoms with van der Waals surface area (Å²) in [6.07, 6.45) is 1.37. The molecule has 0 amide bonds. The molecule has 1 aromatic heterocycles. The van der Waals surface area contributed by atoms with Crippen LogP contribution < -0.4 is 4.72 Å². The Kier molecular flexibility index (Phi) is 3.21. The summed E-state index contributed by atoms with van der Waals surface area (Å²) < 4.78 is 26.6. The van der Waals surface area contributed by atoms with Crippen LogP contribution in [0.1, 0.15) is 5.56 Å². The van der Waals surface area contributed by atoms with Gasteiger partial charge in [-0.1, -0.05) is 12.1 Å². The molecule has 0 aliphatic carbocycles. The second-order valence-corrected chi connectivity index (χ2v) is 5.38. The zero-order chi connectivity index (χ0) is 14.0. The van der Waals surface area contributed by atoms with Crippen molar-refractivity contribution in [2.24, 2.45) is 0 Å². The van der Waals surface area contributed by atoms with Crippen molar-refractivity contribution < 1.29 is 13.3 Å². The highest BCUT2D eigenvalue weighted by Gasteiger charge is 2.28. The average molecular weight is 282 g/mol. The van der Waals surface area contributed by atoms with Crippen LogP contribution in [-0.4, -0.2) is 23.5 Å². The molecular weight excluding hydrogens is 272 g/mol. The lowest BCUT2D eigenvalue weighted by atomic mass is 10.2. The molecule has 2 aromatic rings. The van der Waals surface area contributed by atoms with Crippen LogP contribution in [0, 0.1) is 17.0 Å². The van der Waals surface area contributed by atoms with Crippen LogP contribution >= 0.6 is 0 Å². The number of benzene rings is 1. The topological polar surface area (TPSA) is 118 Å². The minimum absolute atomic E-state index is 0.137. The zero-order valence-corrected chi connectivity index (χ0v) is 10.6. The summed E-state index contributed by atoms with van der Waals surface area (Å²) in [4.78, 5) is 9.84. The molecule has 0 aliphatic rings. The quantitative estimate of drug-likeness (QED) is 0.649. The average Bonchev–Trinajstić information content (AvgIpc) is 2.80. The summed E-state index contributed by atoms with van der Waals surface area (Å²) in [5, 5.41) is 16.9. The van der Waals surface area contributed by atoms with Crippen LogP contribution in [-0.2, 0) is 10.0 Å². The van der Waals surface area contributed by atoms with Crippen LogP contribution in [0.3, 0.4) is 0 Å². The number of anilines is 1. The Labute approximate surface area is 108 Å². The van der Waals surface area contributed by atoms with Crippen molar-refractivity contribution in [3.8, 4) is 0 Å². The van der Waals surface area contributed by atoms with E-state index in [0.717, 1.165) is 6.07 Å². The number of H-pyrrole nitrogens is 1. The van der Waals surface area contributed by atoms with Crippen molar-refractivity contribution in [2.75, 3.05) is 4.72 Å². The standard InChI is InChI=1S/C10H10N4O4S/c1-7-3-2-4-8(14(15)16)10(7)19(17,18)13-9-5-6-11-12-9/h2-6H,1H3,(H2,11,12,13). The van der Waals surface area contributed by atoms with E-state index in [0.29, 0.717) is 5.56 Å². The molecule has 2 N–H and O–H groups in total. The van der Waals surface area contributed by atoms with Gasteiger partial charge in [-0.3, -0.25) is 19.9 Å². The first-order valence-corrected chi connectivity index (χ1v) is 6.66. The van der Waals surface area contributed by atoms with Crippen molar-refractivity contribution in [1.29, 1.82) is 0 Å². The number of rotatable bonds is 4. The van der Waals surface area contributed by atoms with Gasteiger partial charge in [-0.25, -0.2) is 8.42 Å². The SMILES string of the molecule is Cc1cccc([N+](=O)[O-])c1S(=O)(=O)Nc1ccn[nH]1. The smallest absolute Gasteiger partial charge is 0.264 e. The highest BCUT2D eigenvalue weighted by molar-refractivity contribution is 7.93. The van der Waals surface area contributed by atoms with Gasteiger partial charge in [-0.05, 0) is 12.5 Å². The Hall–Kier alpha value is -2.42. The molecular formula is C10H10N4O4S. The fraction of sp³-hybridized carbons (Fsp3) is 0.100. The van der Waals surface area contributed by atoms with E-state index in [4.69, 9.17) is 0 Å². The van der Waals surface area contributed by atoms with Gasteiger partial charge in [0.2, 0.25) is 0 Å². The van der Waals surface area contributed by atoms with Gasteiger partial charge in [0, 0.05) is 12.1 Å². The van der Waals surface area contributed by atoms with E-state index in [1.165, 1.54) is 31.3 Å². The third-order valence-corrected chi connectivity index (χ3v) is 3.96. The fourth-order valence-corrected chi connectivity index (χ4v) is 3.05. The van der Waals surface area contributed by atoms with Crippen molar-refractivity contribution in [3.63, 3.8) is 0 Å². The van der Waals surface area contributed by atoms with Crippen molar-refractivity contribution in [3.05, 3.63) is 46.1 Å². The summed E-state index contributed by atoms with van der Waals surface area (Å²) in [7, 11) is -4.05. The van der Waals surface area contributed by atoms with Crippen molar-refractivity contribution in [1.82, 2.24) is 10.2 Å². The van der Waals surface area contributed by atoms with Crippen molar-refractivity contribution >= 4 is 21.5 Å². The van der Waals surface area contributed by atoms with Crippen LogP contribution in [0.2, 0.25) is 0 Å². The monoisotopic (exact) mass is 282 g/mol. The Morgan fingerprint density at radius 3 is 2.68 bits per heavy atom. The van der Waals surface area contributed by atoms with E-state index >= 15 is 0 Å². The van der Waals surface area contributed by atoms with E-state index in [-0.39, 0.29) is 10.7 Å². The van der Waals surface area contributed by atoms with Gasteiger partial charge in [0.05, 0.1) is 11.1 Å². The van der Waals surface area contributed by atoms with Gasteiger partial charge in [0.25, 0.3) is 15.7 Å². The highest BCUT2D eigenvalue weighted by Crippen LogP contribution is 2.28. The molecule has 0 bridgehead atoms. The first-order valence-electron chi connectivity index (χ1n) is 5.18.